The van der Waals surface area contributed by atoms with Crippen LogP contribution < -0.4 is 5.32 Å². The third kappa shape index (κ3) is 2.73. The molecular formula is C19H22FN. The lowest BCUT2D eigenvalue weighted by Crippen LogP contribution is -2.39. The minimum absolute atomic E-state index is 0.151. The molecular weight excluding hydrogens is 261 g/mol. The van der Waals surface area contributed by atoms with Gasteiger partial charge in [-0.25, -0.2) is 4.39 Å². The second-order valence-electron chi connectivity index (χ2n) is 6.14. The molecule has 21 heavy (non-hydrogen) atoms. The summed E-state index contributed by atoms with van der Waals surface area (Å²) in [4.78, 5) is 0. The van der Waals surface area contributed by atoms with Gasteiger partial charge in [0.2, 0.25) is 0 Å². The molecule has 1 aliphatic carbocycles. The van der Waals surface area contributed by atoms with Crippen LogP contribution in [0.3, 0.4) is 0 Å². The summed E-state index contributed by atoms with van der Waals surface area (Å²) in [6.07, 6.45) is 3.39. The molecule has 2 heteroatoms. The van der Waals surface area contributed by atoms with Crippen molar-refractivity contribution in [2.24, 2.45) is 0 Å². The van der Waals surface area contributed by atoms with Crippen molar-refractivity contribution >= 4 is 0 Å². The third-order valence-corrected chi connectivity index (χ3v) is 4.88. The summed E-state index contributed by atoms with van der Waals surface area (Å²) in [5.41, 5.74) is 3.94. The van der Waals surface area contributed by atoms with Gasteiger partial charge in [0, 0.05) is 11.5 Å². The van der Waals surface area contributed by atoms with Gasteiger partial charge in [0.05, 0.1) is 0 Å². The molecule has 1 N–H and O–H groups in total. The first-order valence-electron chi connectivity index (χ1n) is 7.63. The lowest BCUT2D eigenvalue weighted by atomic mass is 9.84. The minimum atomic E-state index is -0.151. The van der Waals surface area contributed by atoms with E-state index in [4.69, 9.17) is 0 Å². The van der Waals surface area contributed by atoms with Gasteiger partial charge in [0.1, 0.15) is 5.82 Å². The van der Waals surface area contributed by atoms with Crippen molar-refractivity contribution in [3.63, 3.8) is 0 Å². The number of hydrogen-bond donors (Lipinski definition) is 1. The fraction of sp³-hybridized carbons (Fsp3) is 0.368. The number of halogens is 1. The number of likely N-dealkylation sites (N-methyl/N-ethyl adjacent to an activating group) is 1. The molecule has 1 aliphatic rings. The highest BCUT2D eigenvalue weighted by Crippen LogP contribution is 2.51. The Kier molecular flexibility index (Phi) is 3.81. The average Bonchev–Trinajstić information content (AvgIpc) is 3.29. The first-order chi connectivity index (χ1) is 10.2. The topological polar surface area (TPSA) is 12.0 Å². The summed E-state index contributed by atoms with van der Waals surface area (Å²) in [6, 6.07) is 16.3. The van der Waals surface area contributed by atoms with Crippen LogP contribution in [0.4, 0.5) is 4.39 Å². The molecule has 0 saturated heterocycles. The molecule has 0 amide bonds. The molecule has 3 rings (SSSR count). The van der Waals surface area contributed by atoms with Crippen LogP contribution >= 0.6 is 0 Å². The fourth-order valence-electron chi connectivity index (χ4n) is 3.43. The largest absolute Gasteiger partial charge is 0.316 e. The molecule has 1 nitrogen and oxygen atoms in total. The third-order valence-electron chi connectivity index (χ3n) is 4.88. The first kappa shape index (κ1) is 14.3. The van der Waals surface area contributed by atoms with Gasteiger partial charge in [0.15, 0.2) is 0 Å². The molecule has 2 aromatic rings. The van der Waals surface area contributed by atoms with Crippen molar-refractivity contribution in [2.45, 2.75) is 37.6 Å². The van der Waals surface area contributed by atoms with Gasteiger partial charge in [-0.15, -0.1) is 0 Å². The predicted octanol–water partition coefficient (Wildman–Crippen LogP) is 4.00. The van der Waals surface area contributed by atoms with Gasteiger partial charge in [0.25, 0.3) is 0 Å². The normalized spacial score (nSPS) is 17.5. The van der Waals surface area contributed by atoms with Crippen molar-refractivity contribution < 1.29 is 4.39 Å². The van der Waals surface area contributed by atoms with E-state index in [1.54, 1.807) is 12.1 Å². The Morgan fingerprint density at radius 1 is 1.14 bits per heavy atom. The number of rotatable bonds is 5. The number of nitrogens with one attached hydrogen (secondary N) is 1. The second kappa shape index (κ2) is 5.61. The molecule has 2 aromatic carbocycles. The molecule has 0 radical (unpaired) electrons. The average molecular weight is 283 g/mol. The molecule has 1 atom stereocenters. The van der Waals surface area contributed by atoms with Crippen LogP contribution in [0.1, 0.15) is 29.5 Å². The van der Waals surface area contributed by atoms with E-state index in [2.05, 4.69) is 35.6 Å². The van der Waals surface area contributed by atoms with Crippen molar-refractivity contribution in [1.29, 1.82) is 0 Å². The summed E-state index contributed by atoms with van der Waals surface area (Å²) in [6.45, 7) is 1.99. The molecule has 0 heterocycles. The Morgan fingerprint density at radius 2 is 1.86 bits per heavy atom. The molecule has 0 aliphatic heterocycles. The molecule has 0 bridgehead atoms. The Balaban J connectivity index is 1.86. The van der Waals surface area contributed by atoms with Gasteiger partial charge >= 0.3 is 0 Å². The van der Waals surface area contributed by atoms with Gasteiger partial charge < -0.3 is 5.32 Å². The zero-order chi connectivity index (χ0) is 14.9. The summed E-state index contributed by atoms with van der Waals surface area (Å²) in [7, 11) is 2.03. The second-order valence-corrected chi connectivity index (χ2v) is 6.14. The number of hydrogen-bond acceptors (Lipinski definition) is 1. The van der Waals surface area contributed by atoms with E-state index in [0.717, 1.165) is 12.0 Å². The highest BCUT2D eigenvalue weighted by molar-refractivity contribution is 5.36. The van der Waals surface area contributed by atoms with E-state index in [1.807, 2.05) is 20.0 Å². The van der Waals surface area contributed by atoms with Crippen molar-refractivity contribution in [1.82, 2.24) is 5.32 Å². The van der Waals surface area contributed by atoms with E-state index < -0.39 is 0 Å². The Morgan fingerprint density at radius 3 is 2.43 bits per heavy atom. The molecule has 0 spiro atoms. The van der Waals surface area contributed by atoms with Gasteiger partial charge in [-0.1, -0.05) is 36.4 Å². The molecule has 0 aromatic heterocycles. The van der Waals surface area contributed by atoms with E-state index >= 15 is 0 Å². The van der Waals surface area contributed by atoms with Crippen molar-refractivity contribution in [2.75, 3.05) is 7.05 Å². The summed E-state index contributed by atoms with van der Waals surface area (Å²) in [5.74, 6) is -0.151. The predicted molar refractivity (Wildman–Crippen MR) is 85.0 cm³/mol. The van der Waals surface area contributed by atoms with Crippen molar-refractivity contribution in [3.8, 4) is 0 Å². The minimum Gasteiger partial charge on any atom is -0.316 e. The quantitative estimate of drug-likeness (QED) is 0.874. The molecule has 1 saturated carbocycles. The van der Waals surface area contributed by atoms with Gasteiger partial charge in [-0.2, -0.15) is 0 Å². The van der Waals surface area contributed by atoms with E-state index in [0.29, 0.717) is 6.04 Å². The smallest absolute Gasteiger partial charge is 0.123 e. The van der Waals surface area contributed by atoms with E-state index in [1.165, 1.54) is 24.0 Å². The van der Waals surface area contributed by atoms with Crippen LogP contribution in [0, 0.1) is 12.7 Å². The van der Waals surface area contributed by atoms with E-state index in [-0.39, 0.29) is 11.2 Å². The number of aryl methyl sites for hydroxylation is 1. The number of benzene rings is 2. The lowest BCUT2D eigenvalue weighted by molar-refractivity contribution is 0.441. The van der Waals surface area contributed by atoms with Crippen LogP contribution in [0.2, 0.25) is 0 Å². The molecule has 1 unspecified atom stereocenters. The van der Waals surface area contributed by atoms with Crippen LogP contribution in [-0.2, 0) is 11.8 Å². The first-order valence-corrected chi connectivity index (χ1v) is 7.63. The van der Waals surface area contributed by atoms with E-state index in [9.17, 15) is 4.39 Å². The van der Waals surface area contributed by atoms with Crippen LogP contribution in [-0.4, -0.2) is 13.1 Å². The SMILES string of the molecule is CNC(Cc1ccc(F)cc1C)C1(c2ccccc2)CC1. The Hall–Kier alpha value is -1.67. The molecule has 110 valence electrons. The highest BCUT2D eigenvalue weighted by atomic mass is 19.1. The lowest BCUT2D eigenvalue weighted by Gasteiger charge is -2.28. The van der Waals surface area contributed by atoms with Crippen LogP contribution in [0.25, 0.3) is 0 Å². The van der Waals surface area contributed by atoms with Gasteiger partial charge in [-0.05, 0) is 62.1 Å². The van der Waals surface area contributed by atoms with Gasteiger partial charge in [-0.3, -0.25) is 0 Å². The highest BCUT2D eigenvalue weighted by Gasteiger charge is 2.49. The molecule has 1 fully saturated rings. The Bertz CT molecular complexity index is 617. The van der Waals surface area contributed by atoms with Crippen molar-refractivity contribution in [3.05, 3.63) is 71.0 Å². The maximum atomic E-state index is 13.3. The maximum Gasteiger partial charge on any atom is 0.123 e. The zero-order valence-corrected chi connectivity index (χ0v) is 12.7. The monoisotopic (exact) mass is 283 g/mol. The standard InChI is InChI=1S/C19H22FN/c1-14-12-17(20)9-8-15(14)13-18(21-2)19(10-11-19)16-6-4-3-5-7-16/h3-9,12,18,21H,10-11,13H2,1-2H3. The Labute approximate surface area is 126 Å². The summed E-state index contributed by atoms with van der Waals surface area (Å²) in [5, 5.41) is 3.50. The summed E-state index contributed by atoms with van der Waals surface area (Å²) >= 11 is 0. The van der Waals surface area contributed by atoms with Crippen LogP contribution in [0.5, 0.6) is 0 Å². The zero-order valence-electron chi connectivity index (χ0n) is 12.7. The summed E-state index contributed by atoms with van der Waals surface area (Å²) < 4.78 is 13.3. The maximum absolute atomic E-state index is 13.3. The fourth-order valence-corrected chi connectivity index (χ4v) is 3.43. The van der Waals surface area contributed by atoms with Crippen LogP contribution in [0.15, 0.2) is 48.5 Å².